The van der Waals surface area contributed by atoms with Gasteiger partial charge in [-0.3, -0.25) is 0 Å². The van der Waals surface area contributed by atoms with Gasteiger partial charge >= 0.3 is 0 Å². The Hall–Kier alpha value is -1.56. The van der Waals surface area contributed by atoms with Gasteiger partial charge in [-0.2, -0.15) is 5.26 Å². The lowest BCUT2D eigenvalue weighted by Gasteiger charge is -2.02. The van der Waals surface area contributed by atoms with E-state index < -0.39 is 5.82 Å². The van der Waals surface area contributed by atoms with Crippen LogP contribution in [0, 0.1) is 17.1 Å². The lowest BCUT2D eigenvalue weighted by atomic mass is 10.1. The molecule has 62 valence electrons. The van der Waals surface area contributed by atoms with Gasteiger partial charge in [0.15, 0.2) is 0 Å². The molecule has 0 atom stereocenters. The van der Waals surface area contributed by atoms with Crippen LogP contribution in [0.1, 0.15) is 18.1 Å². The zero-order valence-corrected chi connectivity index (χ0v) is 6.76. The Morgan fingerprint density at radius 3 is 2.75 bits per heavy atom. The molecule has 0 bridgehead atoms. The zero-order chi connectivity index (χ0) is 9.14. The number of halogens is 1. The van der Waals surface area contributed by atoms with E-state index in [1.165, 1.54) is 12.1 Å². The summed E-state index contributed by atoms with van der Waals surface area (Å²) in [6, 6.07) is 4.45. The number of hydrogen-bond acceptors (Lipinski definition) is 2. The number of rotatable bonds is 1. The van der Waals surface area contributed by atoms with Crippen LogP contribution in [0.4, 0.5) is 10.1 Å². The smallest absolute Gasteiger partial charge is 0.143 e. The van der Waals surface area contributed by atoms with Gasteiger partial charge in [0, 0.05) is 5.69 Å². The fourth-order valence-electron chi connectivity index (χ4n) is 1.03. The number of nitrogens with two attached hydrogens (primary N) is 1. The summed E-state index contributed by atoms with van der Waals surface area (Å²) in [6.07, 6.45) is 0.709. The molecule has 1 aromatic rings. The van der Waals surface area contributed by atoms with Gasteiger partial charge in [0.05, 0.1) is 5.56 Å². The minimum absolute atomic E-state index is 0.0565. The van der Waals surface area contributed by atoms with Crippen LogP contribution in [0.5, 0.6) is 0 Å². The Bertz CT molecular complexity index is 339. The van der Waals surface area contributed by atoms with Crippen LogP contribution in [0.25, 0.3) is 0 Å². The molecule has 0 aliphatic carbocycles. The molecule has 0 aromatic heterocycles. The van der Waals surface area contributed by atoms with Crippen LogP contribution in [0.2, 0.25) is 0 Å². The third-order valence-corrected chi connectivity index (χ3v) is 1.73. The number of nitriles is 1. The first-order valence-corrected chi connectivity index (χ1v) is 3.67. The second-order valence-electron chi connectivity index (χ2n) is 2.50. The van der Waals surface area contributed by atoms with Crippen molar-refractivity contribution < 1.29 is 4.39 Å². The predicted molar refractivity (Wildman–Crippen MR) is 44.9 cm³/mol. The Morgan fingerprint density at radius 2 is 2.25 bits per heavy atom. The highest BCUT2D eigenvalue weighted by molar-refractivity contribution is 5.51. The molecule has 0 saturated carbocycles. The standard InChI is InChI=1S/C9H9FN2/c1-2-6-3-7(5-11)8(10)4-9(6)12/h3-4H,2,12H2,1H3. The van der Waals surface area contributed by atoms with E-state index in [9.17, 15) is 4.39 Å². The van der Waals surface area contributed by atoms with Crippen LogP contribution in [-0.2, 0) is 6.42 Å². The monoisotopic (exact) mass is 164 g/mol. The van der Waals surface area contributed by atoms with Gasteiger partial charge in [0.25, 0.3) is 0 Å². The highest BCUT2D eigenvalue weighted by Gasteiger charge is 2.05. The summed E-state index contributed by atoms with van der Waals surface area (Å²) in [4.78, 5) is 0. The van der Waals surface area contributed by atoms with Crippen molar-refractivity contribution in [3.05, 3.63) is 29.1 Å². The molecule has 0 radical (unpaired) electrons. The van der Waals surface area contributed by atoms with Gasteiger partial charge in [-0.25, -0.2) is 4.39 Å². The van der Waals surface area contributed by atoms with Crippen LogP contribution >= 0.6 is 0 Å². The van der Waals surface area contributed by atoms with E-state index in [0.717, 1.165) is 5.56 Å². The molecule has 0 unspecified atom stereocenters. The van der Waals surface area contributed by atoms with Gasteiger partial charge in [0.2, 0.25) is 0 Å². The van der Waals surface area contributed by atoms with Crippen molar-refractivity contribution in [3.8, 4) is 6.07 Å². The summed E-state index contributed by atoms with van der Waals surface area (Å²) < 4.78 is 12.9. The highest BCUT2D eigenvalue weighted by Crippen LogP contribution is 2.17. The van der Waals surface area contributed by atoms with Crippen molar-refractivity contribution in [3.63, 3.8) is 0 Å². The molecule has 1 aromatic carbocycles. The fraction of sp³-hybridized carbons (Fsp3) is 0.222. The quantitative estimate of drug-likeness (QED) is 0.644. The number of nitrogens with zero attached hydrogens (tertiary/aromatic N) is 1. The molecular weight excluding hydrogens is 155 g/mol. The van der Waals surface area contributed by atoms with E-state index >= 15 is 0 Å². The maximum absolute atomic E-state index is 12.9. The summed E-state index contributed by atoms with van der Waals surface area (Å²) in [7, 11) is 0. The normalized spacial score (nSPS) is 9.42. The second kappa shape index (κ2) is 3.22. The SMILES string of the molecule is CCc1cc(C#N)c(F)cc1N. The van der Waals surface area contributed by atoms with Crippen LogP contribution in [0.15, 0.2) is 12.1 Å². The summed E-state index contributed by atoms with van der Waals surface area (Å²) in [5.74, 6) is -0.549. The van der Waals surface area contributed by atoms with Crippen molar-refractivity contribution in [2.45, 2.75) is 13.3 Å². The number of hydrogen-bond donors (Lipinski definition) is 1. The van der Waals surface area contributed by atoms with Crippen molar-refractivity contribution >= 4 is 5.69 Å². The average molecular weight is 164 g/mol. The second-order valence-corrected chi connectivity index (χ2v) is 2.50. The molecule has 12 heavy (non-hydrogen) atoms. The van der Waals surface area contributed by atoms with Crippen molar-refractivity contribution in [2.24, 2.45) is 0 Å². The number of nitrogen functional groups attached to an aromatic ring is 1. The Balaban J connectivity index is 3.30. The fourth-order valence-corrected chi connectivity index (χ4v) is 1.03. The summed E-state index contributed by atoms with van der Waals surface area (Å²) >= 11 is 0. The molecule has 1 rings (SSSR count). The molecular formula is C9H9FN2. The molecule has 0 amide bonds. The van der Waals surface area contributed by atoms with Gasteiger partial charge in [-0.1, -0.05) is 6.92 Å². The molecule has 0 spiro atoms. The third-order valence-electron chi connectivity index (χ3n) is 1.73. The maximum Gasteiger partial charge on any atom is 0.143 e. The van der Waals surface area contributed by atoms with Crippen LogP contribution in [-0.4, -0.2) is 0 Å². The third kappa shape index (κ3) is 1.37. The summed E-state index contributed by atoms with van der Waals surface area (Å²) in [5.41, 5.74) is 6.79. The van der Waals surface area contributed by atoms with E-state index in [-0.39, 0.29) is 5.56 Å². The van der Waals surface area contributed by atoms with Gasteiger partial charge in [0.1, 0.15) is 11.9 Å². The predicted octanol–water partition coefficient (Wildman–Crippen LogP) is 1.84. The van der Waals surface area contributed by atoms with Crippen LogP contribution < -0.4 is 5.73 Å². The molecule has 0 saturated heterocycles. The van der Waals surface area contributed by atoms with E-state index in [2.05, 4.69) is 0 Å². The Kier molecular flexibility index (Phi) is 2.29. The number of anilines is 1. The number of aryl methyl sites for hydroxylation is 1. The van der Waals surface area contributed by atoms with Gasteiger partial charge < -0.3 is 5.73 Å². The molecule has 2 nitrogen and oxygen atoms in total. The Labute approximate surface area is 70.4 Å². The van der Waals surface area contributed by atoms with Gasteiger partial charge in [-0.15, -0.1) is 0 Å². The van der Waals surface area contributed by atoms with Crippen LogP contribution in [0.3, 0.4) is 0 Å². The van der Waals surface area contributed by atoms with Crippen molar-refractivity contribution in [1.29, 1.82) is 5.26 Å². The first kappa shape index (κ1) is 8.54. The first-order chi connectivity index (χ1) is 5.69. The largest absolute Gasteiger partial charge is 0.398 e. The Morgan fingerprint density at radius 1 is 1.58 bits per heavy atom. The summed E-state index contributed by atoms with van der Waals surface area (Å²) in [5, 5.41) is 8.50. The molecule has 0 heterocycles. The zero-order valence-electron chi connectivity index (χ0n) is 6.76. The lowest BCUT2D eigenvalue weighted by Crippen LogP contribution is -1.96. The average Bonchev–Trinajstić information content (AvgIpc) is 2.05. The van der Waals surface area contributed by atoms with E-state index in [4.69, 9.17) is 11.0 Å². The molecule has 0 aliphatic rings. The highest BCUT2D eigenvalue weighted by atomic mass is 19.1. The summed E-state index contributed by atoms with van der Waals surface area (Å²) in [6.45, 7) is 1.91. The van der Waals surface area contributed by atoms with Crippen molar-refractivity contribution in [1.82, 2.24) is 0 Å². The van der Waals surface area contributed by atoms with Gasteiger partial charge in [-0.05, 0) is 24.1 Å². The maximum atomic E-state index is 12.9. The van der Waals surface area contributed by atoms with E-state index in [1.54, 1.807) is 6.07 Å². The van der Waals surface area contributed by atoms with Crippen molar-refractivity contribution in [2.75, 3.05) is 5.73 Å². The number of benzene rings is 1. The molecule has 0 aliphatic heterocycles. The topological polar surface area (TPSA) is 49.8 Å². The first-order valence-electron chi connectivity index (χ1n) is 3.67. The lowest BCUT2D eigenvalue weighted by molar-refractivity contribution is 0.624. The molecule has 3 heteroatoms. The minimum atomic E-state index is -0.549. The minimum Gasteiger partial charge on any atom is -0.398 e. The van der Waals surface area contributed by atoms with E-state index in [1.807, 2.05) is 6.92 Å². The van der Waals surface area contributed by atoms with E-state index in [0.29, 0.717) is 12.1 Å². The molecule has 0 fully saturated rings. The molecule has 2 N–H and O–H groups in total.